The summed E-state index contributed by atoms with van der Waals surface area (Å²) in [6, 6.07) is 0. The van der Waals surface area contributed by atoms with E-state index in [4.69, 9.17) is 4.74 Å². The molecule has 0 aromatic heterocycles. The molecule has 0 aliphatic rings. The third kappa shape index (κ3) is 8.05. The molecule has 0 aliphatic heterocycles. The minimum Gasteiger partial charge on any atom is -0.385 e. The molecule has 0 unspecified atom stereocenters. The van der Waals surface area contributed by atoms with Crippen LogP contribution in [0.5, 0.6) is 0 Å². The van der Waals surface area contributed by atoms with Crippen LogP contribution in [0.1, 0.15) is 13.3 Å². The molecule has 0 fully saturated rings. The Kier molecular flexibility index (Phi) is 9.10. The largest absolute Gasteiger partial charge is 0.385 e. The number of hydrogen-bond donors (Lipinski definition) is 0. The molecular weight excluding hydrogens is 144 g/mol. The second kappa shape index (κ2) is 9.05. The standard InChI is InChI=1S/C8H16OS/c1-3-4-7-10-8-5-6-9-2/h3-4H,5-8H2,1-2H3/b4-3+. The molecule has 1 nitrogen and oxygen atoms in total. The van der Waals surface area contributed by atoms with Crippen molar-refractivity contribution in [1.82, 2.24) is 0 Å². The lowest BCUT2D eigenvalue weighted by atomic mass is 10.5. The van der Waals surface area contributed by atoms with Crippen LogP contribution in [0.3, 0.4) is 0 Å². The smallest absolute Gasteiger partial charge is 0.0470 e. The van der Waals surface area contributed by atoms with Gasteiger partial charge >= 0.3 is 0 Å². The van der Waals surface area contributed by atoms with E-state index < -0.39 is 0 Å². The van der Waals surface area contributed by atoms with Crippen LogP contribution in [-0.4, -0.2) is 25.2 Å². The van der Waals surface area contributed by atoms with E-state index in [1.807, 2.05) is 11.8 Å². The molecule has 2 heteroatoms. The molecule has 0 atom stereocenters. The van der Waals surface area contributed by atoms with Crippen LogP contribution in [0, 0.1) is 0 Å². The van der Waals surface area contributed by atoms with Crippen molar-refractivity contribution in [3.8, 4) is 0 Å². The van der Waals surface area contributed by atoms with Crippen molar-refractivity contribution >= 4 is 11.8 Å². The third-order valence-corrected chi connectivity index (χ3v) is 2.09. The number of methoxy groups -OCH3 is 1. The van der Waals surface area contributed by atoms with E-state index in [1.165, 1.54) is 12.2 Å². The maximum Gasteiger partial charge on any atom is 0.0470 e. The Balaban J connectivity index is 2.77. The monoisotopic (exact) mass is 160 g/mol. The highest BCUT2D eigenvalue weighted by atomic mass is 32.2. The summed E-state index contributed by atoms with van der Waals surface area (Å²) in [5, 5.41) is 0. The fourth-order valence-electron chi connectivity index (χ4n) is 0.553. The van der Waals surface area contributed by atoms with Crippen LogP contribution < -0.4 is 0 Å². The quantitative estimate of drug-likeness (QED) is 0.435. The summed E-state index contributed by atoms with van der Waals surface area (Å²) in [6.07, 6.45) is 5.43. The summed E-state index contributed by atoms with van der Waals surface area (Å²) in [7, 11) is 1.75. The molecule has 0 amide bonds. The zero-order valence-electron chi connectivity index (χ0n) is 6.80. The molecule has 0 saturated carbocycles. The Morgan fingerprint density at radius 2 is 2.30 bits per heavy atom. The van der Waals surface area contributed by atoms with Crippen LogP contribution in [0.2, 0.25) is 0 Å². The summed E-state index contributed by atoms with van der Waals surface area (Å²) in [4.78, 5) is 0. The molecule has 60 valence electrons. The fraction of sp³-hybridized carbons (Fsp3) is 0.750. The average molecular weight is 160 g/mol. The van der Waals surface area contributed by atoms with Crippen molar-refractivity contribution in [3.63, 3.8) is 0 Å². The summed E-state index contributed by atoms with van der Waals surface area (Å²) < 4.78 is 4.92. The van der Waals surface area contributed by atoms with Crippen molar-refractivity contribution in [2.75, 3.05) is 25.2 Å². The Morgan fingerprint density at radius 3 is 2.90 bits per heavy atom. The molecule has 10 heavy (non-hydrogen) atoms. The van der Waals surface area contributed by atoms with Crippen LogP contribution in [-0.2, 0) is 4.74 Å². The van der Waals surface area contributed by atoms with Gasteiger partial charge in [0.2, 0.25) is 0 Å². The normalized spacial score (nSPS) is 11.0. The first-order valence-electron chi connectivity index (χ1n) is 3.59. The predicted octanol–water partition coefficient (Wildman–Crippen LogP) is 2.33. The van der Waals surface area contributed by atoms with Gasteiger partial charge in [0.15, 0.2) is 0 Å². The SMILES string of the molecule is C/C=C/CSCCCOC. The van der Waals surface area contributed by atoms with Crippen LogP contribution in [0.25, 0.3) is 0 Å². The second-order valence-corrected chi connectivity index (χ2v) is 3.14. The zero-order valence-corrected chi connectivity index (χ0v) is 7.62. The highest BCUT2D eigenvalue weighted by Crippen LogP contribution is 2.01. The van der Waals surface area contributed by atoms with Gasteiger partial charge < -0.3 is 4.74 Å². The van der Waals surface area contributed by atoms with Gasteiger partial charge in [-0.25, -0.2) is 0 Å². The number of thioether (sulfide) groups is 1. The number of allylic oxidation sites excluding steroid dienone is 1. The van der Waals surface area contributed by atoms with Crippen molar-refractivity contribution in [1.29, 1.82) is 0 Å². The summed E-state index contributed by atoms with van der Waals surface area (Å²) >= 11 is 1.95. The van der Waals surface area contributed by atoms with Crippen molar-refractivity contribution in [3.05, 3.63) is 12.2 Å². The molecule has 0 bridgehead atoms. The van der Waals surface area contributed by atoms with E-state index in [-0.39, 0.29) is 0 Å². The van der Waals surface area contributed by atoms with E-state index in [2.05, 4.69) is 19.1 Å². The summed E-state index contributed by atoms with van der Waals surface area (Å²) in [5.74, 6) is 2.35. The topological polar surface area (TPSA) is 9.23 Å². The van der Waals surface area contributed by atoms with E-state index >= 15 is 0 Å². The molecule has 0 radical (unpaired) electrons. The average Bonchev–Trinajstić information content (AvgIpc) is 1.97. The van der Waals surface area contributed by atoms with Gasteiger partial charge in [-0.3, -0.25) is 0 Å². The maximum atomic E-state index is 4.92. The molecule has 0 aliphatic carbocycles. The van der Waals surface area contributed by atoms with Gasteiger partial charge in [-0.15, -0.1) is 0 Å². The minimum atomic E-state index is 0.892. The Labute approximate surface area is 67.8 Å². The number of hydrogen-bond acceptors (Lipinski definition) is 2. The van der Waals surface area contributed by atoms with Crippen molar-refractivity contribution in [2.24, 2.45) is 0 Å². The van der Waals surface area contributed by atoms with Crippen LogP contribution in [0.15, 0.2) is 12.2 Å². The predicted molar refractivity (Wildman–Crippen MR) is 48.6 cm³/mol. The Hall–Kier alpha value is 0.0500. The molecule has 0 aromatic carbocycles. The van der Waals surface area contributed by atoms with Crippen LogP contribution >= 0.6 is 11.8 Å². The van der Waals surface area contributed by atoms with E-state index in [0.29, 0.717) is 0 Å². The van der Waals surface area contributed by atoms with E-state index in [1.54, 1.807) is 7.11 Å². The first-order chi connectivity index (χ1) is 4.91. The lowest BCUT2D eigenvalue weighted by Crippen LogP contribution is -1.90. The zero-order chi connectivity index (χ0) is 7.66. The fourth-order valence-corrected chi connectivity index (χ4v) is 1.37. The molecular formula is C8H16OS. The van der Waals surface area contributed by atoms with Gasteiger partial charge in [0.05, 0.1) is 0 Å². The van der Waals surface area contributed by atoms with Gasteiger partial charge in [0.1, 0.15) is 0 Å². The summed E-state index contributed by atoms with van der Waals surface area (Å²) in [5.41, 5.74) is 0. The number of ether oxygens (including phenoxy) is 1. The van der Waals surface area contributed by atoms with Crippen molar-refractivity contribution in [2.45, 2.75) is 13.3 Å². The van der Waals surface area contributed by atoms with E-state index in [0.717, 1.165) is 12.4 Å². The third-order valence-electron chi connectivity index (χ3n) is 1.09. The van der Waals surface area contributed by atoms with Gasteiger partial charge in [0, 0.05) is 19.5 Å². The number of rotatable bonds is 6. The van der Waals surface area contributed by atoms with E-state index in [9.17, 15) is 0 Å². The molecule has 0 aromatic rings. The maximum absolute atomic E-state index is 4.92. The Morgan fingerprint density at radius 1 is 1.50 bits per heavy atom. The van der Waals surface area contributed by atoms with Crippen molar-refractivity contribution < 1.29 is 4.74 Å². The lowest BCUT2D eigenvalue weighted by Gasteiger charge is -1.96. The summed E-state index contributed by atoms with van der Waals surface area (Å²) in [6.45, 7) is 2.94. The molecule has 0 spiro atoms. The van der Waals surface area contributed by atoms with Gasteiger partial charge in [-0.2, -0.15) is 11.8 Å². The highest BCUT2D eigenvalue weighted by molar-refractivity contribution is 7.99. The molecule has 0 saturated heterocycles. The molecule has 0 N–H and O–H groups in total. The second-order valence-electron chi connectivity index (χ2n) is 1.99. The molecule has 0 heterocycles. The first-order valence-corrected chi connectivity index (χ1v) is 4.75. The van der Waals surface area contributed by atoms with Crippen LogP contribution in [0.4, 0.5) is 0 Å². The minimum absolute atomic E-state index is 0.892. The lowest BCUT2D eigenvalue weighted by molar-refractivity contribution is 0.200. The Bertz CT molecular complexity index is 81.3. The van der Waals surface area contributed by atoms with Gasteiger partial charge in [-0.05, 0) is 19.1 Å². The van der Waals surface area contributed by atoms with Gasteiger partial charge in [0.25, 0.3) is 0 Å². The van der Waals surface area contributed by atoms with Gasteiger partial charge in [-0.1, -0.05) is 12.2 Å². The molecule has 0 rings (SSSR count). The first kappa shape index (κ1) is 10.0. The highest BCUT2D eigenvalue weighted by Gasteiger charge is 1.84.